The first-order valence-electron chi connectivity index (χ1n) is 6.33. The van der Waals surface area contributed by atoms with Gasteiger partial charge in [-0.05, 0) is 38.8 Å². The molecule has 1 aromatic rings. The summed E-state index contributed by atoms with van der Waals surface area (Å²) >= 11 is 11.9. The average molecular weight is 288 g/mol. The quantitative estimate of drug-likeness (QED) is 0.869. The maximum absolute atomic E-state index is 6.09. The van der Waals surface area contributed by atoms with Crippen molar-refractivity contribution >= 4 is 23.2 Å². The lowest BCUT2D eigenvalue weighted by Gasteiger charge is -2.33. The molecule has 0 aromatic carbocycles. The van der Waals surface area contributed by atoms with Crippen molar-refractivity contribution in [3.05, 3.63) is 28.0 Å². The van der Waals surface area contributed by atoms with Crippen molar-refractivity contribution in [2.75, 3.05) is 7.05 Å². The Labute approximate surface area is 118 Å². The largest absolute Gasteiger partial charge is 0.328 e. The molecule has 1 fully saturated rings. The molecule has 0 spiro atoms. The van der Waals surface area contributed by atoms with Gasteiger partial charge in [-0.25, -0.2) is 4.98 Å². The van der Waals surface area contributed by atoms with Crippen LogP contribution in [0.1, 0.15) is 31.2 Å². The Morgan fingerprint density at radius 2 is 1.94 bits per heavy atom. The molecular weight excluding hydrogens is 269 g/mol. The van der Waals surface area contributed by atoms with Gasteiger partial charge >= 0.3 is 0 Å². The number of hydrogen-bond acceptors (Lipinski definition) is 3. The summed E-state index contributed by atoms with van der Waals surface area (Å²) in [5.74, 6) is 0. The monoisotopic (exact) mass is 287 g/mol. The van der Waals surface area contributed by atoms with Crippen molar-refractivity contribution in [2.24, 2.45) is 5.73 Å². The normalized spacial score (nSPS) is 24.5. The van der Waals surface area contributed by atoms with Crippen molar-refractivity contribution in [3.63, 3.8) is 0 Å². The molecule has 1 aromatic heterocycles. The van der Waals surface area contributed by atoms with E-state index in [0.29, 0.717) is 22.4 Å². The van der Waals surface area contributed by atoms with E-state index in [0.717, 1.165) is 37.8 Å². The first-order chi connectivity index (χ1) is 8.56. The molecule has 0 bridgehead atoms. The summed E-state index contributed by atoms with van der Waals surface area (Å²) in [6.45, 7) is 0.808. The lowest BCUT2D eigenvalue weighted by Crippen LogP contribution is -2.38. The van der Waals surface area contributed by atoms with Crippen molar-refractivity contribution in [2.45, 2.75) is 44.3 Å². The van der Waals surface area contributed by atoms with E-state index in [2.05, 4.69) is 16.9 Å². The highest BCUT2D eigenvalue weighted by Crippen LogP contribution is 2.24. The summed E-state index contributed by atoms with van der Waals surface area (Å²) in [7, 11) is 2.13. The summed E-state index contributed by atoms with van der Waals surface area (Å²) < 4.78 is 0. The summed E-state index contributed by atoms with van der Waals surface area (Å²) in [6.07, 6.45) is 4.55. The molecule has 5 heteroatoms. The molecule has 100 valence electrons. The topological polar surface area (TPSA) is 42.2 Å². The third-order valence-corrected chi connectivity index (χ3v) is 4.21. The van der Waals surface area contributed by atoms with Gasteiger partial charge in [0.15, 0.2) is 0 Å². The van der Waals surface area contributed by atoms with Gasteiger partial charge in [-0.3, -0.25) is 4.90 Å². The Kier molecular flexibility index (Phi) is 4.84. The fourth-order valence-electron chi connectivity index (χ4n) is 2.50. The van der Waals surface area contributed by atoms with Gasteiger partial charge in [0.2, 0.25) is 0 Å². The van der Waals surface area contributed by atoms with Crippen LogP contribution in [-0.2, 0) is 6.54 Å². The van der Waals surface area contributed by atoms with Crippen LogP contribution in [0.2, 0.25) is 10.3 Å². The molecule has 0 unspecified atom stereocenters. The van der Waals surface area contributed by atoms with Gasteiger partial charge in [-0.2, -0.15) is 0 Å². The van der Waals surface area contributed by atoms with Gasteiger partial charge in [-0.1, -0.05) is 29.3 Å². The van der Waals surface area contributed by atoms with Crippen LogP contribution in [0, 0.1) is 0 Å². The molecule has 3 nitrogen and oxygen atoms in total. The van der Waals surface area contributed by atoms with Crippen LogP contribution in [0.25, 0.3) is 0 Å². The molecule has 1 aliphatic carbocycles. The SMILES string of the molecule is CN(Cc1ccc(Cl)nc1Cl)C1CCC(N)CC1. The third kappa shape index (κ3) is 3.58. The van der Waals surface area contributed by atoms with Crippen LogP contribution < -0.4 is 5.73 Å². The highest BCUT2D eigenvalue weighted by atomic mass is 35.5. The summed E-state index contributed by atoms with van der Waals surface area (Å²) in [4.78, 5) is 6.40. The molecule has 0 aliphatic heterocycles. The van der Waals surface area contributed by atoms with Gasteiger partial charge < -0.3 is 5.73 Å². The van der Waals surface area contributed by atoms with Crippen LogP contribution in [-0.4, -0.2) is 29.0 Å². The first kappa shape index (κ1) is 14.1. The van der Waals surface area contributed by atoms with E-state index in [1.165, 1.54) is 0 Å². The maximum Gasteiger partial charge on any atom is 0.135 e. The summed E-state index contributed by atoms with van der Waals surface area (Å²) in [6, 6.07) is 4.71. The Balaban J connectivity index is 1.96. The number of nitrogens with two attached hydrogens (primary N) is 1. The molecule has 0 radical (unpaired) electrons. The molecule has 1 heterocycles. The number of nitrogens with zero attached hydrogens (tertiary/aromatic N) is 2. The van der Waals surface area contributed by atoms with E-state index >= 15 is 0 Å². The van der Waals surface area contributed by atoms with E-state index in [9.17, 15) is 0 Å². The second-order valence-corrected chi connectivity index (χ2v) is 5.81. The fourth-order valence-corrected chi connectivity index (χ4v) is 2.90. The Morgan fingerprint density at radius 3 is 2.56 bits per heavy atom. The van der Waals surface area contributed by atoms with Gasteiger partial charge in [0.1, 0.15) is 10.3 Å². The van der Waals surface area contributed by atoms with Crippen LogP contribution in [0.4, 0.5) is 0 Å². The van der Waals surface area contributed by atoms with Crippen molar-refractivity contribution in [1.29, 1.82) is 0 Å². The number of halogens is 2. The number of hydrogen-bond donors (Lipinski definition) is 1. The van der Waals surface area contributed by atoms with Gasteiger partial charge in [0.05, 0.1) is 0 Å². The van der Waals surface area contributed by atoms with Crippen LogP contribution in [0.15, 0.2) is 12.1 Å². The smallest absolute Gasteiger partial charge is 0.135 e. The molecule has 1 aliphatic rings. The van der Waals surface area contributed by atoms with E-state index < -0.39 is 0 Å². The van der Waals surface area contributed by atoms with Crippen LogP contribution >= 0.6 is 23.2 Å². The highest BCUT2D eigenvalue weighted by molar-refractivity contribution is 6.32. The summed E-state index contributed by atoms with van der Waals surface area (Å²) in [5.41, 5.74) is 6.95. The van der Waals surface area contributed by atoms with E-state index in [-0.39, 0.29) is 0 Å². The third-order valence-electron chi connectivity index (χ3n) is 3.68. The molecule has 2 N–H and O–H groups in total. The predicted octanol–water partition coefficient (Wildman–Crippen LogP) is 3.09. The van der Waals surface area contributed by atoms with Crippen molar-refractivity contribution in [3.8, 4) is 0 Å². The molecule has 0 atom stereocenters. The maximum atomic E-state index is 6.09. The average Bonchev–Trinajstić information content (AvgIpc) is 2.33. The van der Waals surface area contributed by atoms with Crippen LogP contribution in [0.3, 0.4) is 0 Å². The van der Waals surface area contributed by atoms with E-state index in [1.54, 1.807) is 6.07 Å². The summed E-state index contributed by atoms with van der Waals surface area (Å²) in [5, 5.41) is 0.942. The number of aromatic nitrogens is 1. The first-order valence-corrected chi connectivity index (χ1v) is 7.08. The zero-order valence-electron chi connectivity index (χ0n) is 10.6. The predicted molar refractivity (Wildman–Crippen MR) is 76.0 cm³/mol. The van der Waals surface area contributed by atoms with E-state index in [1.807, 2.05) is 6.07 Å². The molecule has 2 rings (SSSR count). The minimum absolute atomic E-state index is 0.385. The molecular formula is C13H19Cl2N3. The molecule has 18 heavy (non-hydrogen) atoms. The second kappa shape index (κ2) is 6.20. The van der Waals surface area contributed by atoms with Crippen molar-refractivity contribution in [1.82, 2.24) is 9.88 Å². The minimum Gasteiger partial charge on any atom is -0.328 e. The van der Waals surface area contributed by atoms with Gasteiger partial charge in [-0.15, -0.1) is 0 Å². The van der Waals surface area contributed by atoms with Gasteiger partial charge in [0.25, 0.3) is 0 Å². The highest BCUT2D eigenvalue weighted by Gasteiger charge is 2.22. The molecule has 0 saturated heterocycles. The molecule has 1 saturated carbocycles. The minimum atomic E-state index is 0.385. The zero-order valence-corrected chi connectivity index (χ0v) is 12.1. The van der Waals surface area contributed by atoms with Crippen LogP contribution in [0.5, 0.6) is 0 Å². The van der Waals surface area contributed by atoms with E-state index in [4.69, 9.17) is 28.9 Å². The fraction of sp³-hybridized carbons (Fsp3) is 0.615. The van der Waals surface area contributed by atoms with Gasteiger partial charge in [0, 0.05) is 24.2 Å². The Bertz CT molecular complexity index is 403. The zero-order chi connectivity index (χ0) is 13.1. The Hall–Kier alpha value is -0.350. The standard InChI is InChI=1S/C13H19Cl2N3/c1-18(11-5-3-10(16)4-6-11)8-9-2-7-12(14)17-13(9)15/h2,7,10-11H,3-6,8,16H2,1H3. The number of rotatable bonds is 3. The Morgan fingerprint density at radius 1 is 1.28 bits per heavy atom. The number of pyridine rings is 1. The van der Waals surface area contributed by atoms with Crippen molar-refractivity contribution < 1.29 is 0 Å². The lowest BCUT2D eigenvalue weighted by atomic mass is 9.91. The second-order valence-electron chi connectivity index (χ2n) is 5.07. The molecule has 0 amide bonds. The lowest BCUT2D eigenvalue weighted by molar-refractivity contribution is 0.176.